The largest absolute Gasteiger partial charge is 0.338 e. The molecule has 2 heterocycles. The number of aromatic nitrogens is 2. The summed E-state index contributed by atoms with van der Waals surface area (Å²) in [5.41, 5.74) is 0. The van der Waals surface area contributed by atoms with E-state index >= 15 is 0 Å². The zero-order valence-electron chi connectivity index (χ0n) is 12.8. The van der Waals surface area contributed by atoms with Gasteiger partial charge in [0.1, 0.15) is 0 Å². The molecule has 3 unspecified atom stereocenters. The van der Waals surface area contributed by atoms with Crippen molar-refractivity contribution in [3.8, 4) is 0 Å². The third kappa shape index (κ3) is 3.22. The molecule has 1 saturated heterocycles. The molecule has 1 aliphatic heterocycles. The predicted molar refractivity (Wildman–Crippen MR) is 78.3 cm³/mol. The number of hydrogen-bond acceptors (Lipinski definition) is 4. The summed E-state index contributed by atoms with van der Waals surface area (Å²) in [5, 5.41) is 7.89. The van der Waals surface area contributed by atoms with E-state index in [0.717, 1.165) is 36.9 Å². The van der Waals surface area contributed by atoms with Crippen LogP contribution in [0.2, 0.25) is 0 Å². The van der Waals surface area contributed by atoms with E-state index in [1.807, 2.05) is 0 Å². The van der Waals surface area contributed by atoms with Crippen LogP contribution in [0.25, 0.3) is 0 Å². The molecule has 3 rings (SSSR count). The van der Waals surface area contributed by atoms with Gasteiger partial charge in [-0.15, -0.1) is 0 Å². The lowest BCUT2D eigenvalue weighted by atomic mass is 9.78. The molecule has 112 valence electrons. The summed E-state index contributed by atoms with van der Waals surface area (Å²) in [6.45, 7) is 4.46. The molecule has 4 heteroatoms. The number of aryl methyl sites for hydroxylation is 1. The van der Waals surface area contributed by atoms with Gasteiger partial charge in [-0.25, -0.2) is 0 Å². The maximum Gasteiger partial charge on any atom is 0.243 e. The third-order valence-electron chi connectivity index (χ3n) is 4.88. The van der Waals surface area contributed by atoms with Gasteiger partial charge in [-0.05, 0) is 43.9 Å². The summed E-state index contributed by atoms with van der Waals surface area (Å²) in [6, 6.07) is 0.961. The molecule has 4 nitrogen and oxygen atoms in total. The second-order valence-corrected chi connectivity index (χ2v) is 6.93. The lowest BCUT2D eigenvalue weighted by molar-refractivity contribution is 0.158. The van der Waals surface area contributed by atoms with Crippen molar-refractivity contribution >= 4 is 0 Å². The van der Waals surface area contributed by atoms with Crippen molar-refractivity contribution in [1.82, 2.24) is 15.5 Å². The van der Waals surface area contributed by atoms with Gasteiger partial charge in [0.25, 0.3) is 0 Å². The van der Waals surface area contributed by atoms with Gasteiger partial charge in [0.2, 0.25) is 5.89 Å². The molecule has 1 aromatic heterocycles. The SMILES string of the molecule is CC(C)CCc1noc(C2CCC3CCCCC3N2)n1. The summed E-state index contributed by atoms with van der Waals surface area (Å²) in [4.78, 5) is 4.60. The van der Waals surface area contributed by atoms with Crippen molar-refractivity contribution in [2.45, 2.75) is 77.3 Å². The zero-order chi connectivity index (χ0) is 13.9. The molecule has 2 aliphatic rings. The van der Waals surface area contributed by atoms with E-state index in [1.54, 1.807) is 0 Å². The van der Waals surface area contributed by atoms with E-state index in [9.17, 15) is 0 Å². The van der Waals surface area contributed by atoms with E-state index in [4.69, 9.17) is 4.52 Å². The maximum atomic E-state index is 5.49. The molecular weight excluding hydrogens is 250 g/mol. The van der Waals surface area contributed by atoms with Crippen LogP contribution in [0.3, 0.4) is 0 Å². The first-order valence-corrected chi connectivity index (χ1v) is 8.31. The quantitative estimate of drug-likeness (QED) is 0.913. The molecule has 1 aromatic rings. The van der Waals surface area contributed by atoms with Gasteiger partial charge < -0.3 is 9.84 Å². The highest BCUT2D eigenvalue weighted by molar-refractivity contribution is 4.99. The van der Waals surface area contributed by atoms with Crippen molar-refractivity contribution in [3.05, 3.63) is 11.7 Å². The maximum absolute atomic E-state index is 5.49. The minimum atomic E-state index is 0.287. The number of rotatable bonds is 4. The number of nitrogens with one attached hydrogen (secondary N) is 1. The summed E-state index contributed by atoms with van der Waals surface area (Å²) in [5.74, 6) is 3.25. The Balaban J connectivity index is 1.59. The van der Waals surface area contributed by atoms with Crippen molar-refractivity contribution in [1.29, 1.82) is 0 Å². The first-order valence-electron chi connectivity index (χ1n) is 8.31. The average Bonchev–Trinajstić information content (AvgIpc) is 2.93. The van der Waals surface area contributed by atoms with E-state index in [1.165, 1.54) is 32.1 Å². The van der Waals surface area contributed by atoms with Crippen LogP contribution < -0.4 is 5.32 Å². The Morgan fingerprint density at radius 1 is 1.20 bits per heavy atom. The molecular formula is C16H27N3O. The summed E-state index contributed by atoms with van der Waals surface area (Å²) >= 11 is 0. The van der Waals surface area contributed by atoms with Gasteiger partial charge in [0, 0.05) is 12.5 Å². The van der Waals surface area contributed by atoms with Gasteiger partial charge in [0.05, 0.1) is 6.04 Å². The molecule has 0 radical (unpaired) electrons. The summed E-state index contributed by atoms with van der Waals surface area (Å²) < 4.78 is 5.49. The number of nitrogens with zero attached hydrogens (tertiary/aromatic N) is 2. The van der Waals surface area contributed by atoms with Crippen LogP contribution >= 0.6 is 0 Å². The smallest absolute Gasteiger partial charge is 0.243 e. The fraction of sp³-hybridized carbons (Fsp3) is 0.875. The first kappa shape index (κ1) is 14.1. The average molecular weight is 277 g/mol. The second-order valence-electron chi connectivity index (χ2n) is 6.93. The van der Waals surface area contributed by atoms with E-state index < -0.39 is 0 Å². The highest BCUT2D eigenvalue weighted by Crippen LogP contribution is 2.36. The minimum Gasteiger partial charge on any atom is -0.338 e. The highest BCUT2D eigenvalue weighted by Gasteiger charge is 2.34. The van der Waals surface area contributed by atoms with Crippen LogP contribution in [-0.2, 0) is 6.42 Å². The van der Waals surface area contributed by atoms with Gasteiger partial charge in [-0.1, -0.05) is 31.8 Å². The van der Waals surface area contributed by atoms with Gasteiger partial charge >= 0.3 is 0 Å². The van der Waals surface area contributed by atoms with Crippen molar-refractivity contribution in [3.63, 3.8) is 0 Å². The van der Waals surface area contributed by atoms with Crippen LogP contribution in [0, 0.1) is 11.8 Å². The Kier molecular flexibility index (Phi) is 4.39. The Morgan fingerprint density at radius 2 is 2.05 bits per heavy atom. The topological polar surface area (TPSA) is 51.0 Å². The number of hydrogen-bond donors (Lipinski definition) is 1. The lowest BCUT2D eigenvalue weighted by Gasteiger charge is -2.39. The van der Waals surface area contributed by atoms with Crippen LogP contribution in [0.5, 0.6) is 0 Å². The van der Waals surface area contributed by atoms with Gasteiger partial charge in [-0.3, -0.25) is 0 Å². The van der Waals surface area contributed by atoms with Crippen molar-refractivity contribution in [2.24, 2.45) is 11.8 Å². The monoisotopic (exact) mass is 277 g/mol. The van der Waals surface area contributed by atoms with Crippen LogP contribution in [0.4, 0.5) is 0 Å². The van der Waals surface area contributed by atoms with Crippen molar-refractivity contribution < 1.29 is 4.52 Å². The molecule has 3 atom stereocenters. The van der Waals surface area contributed by atoms with E-state index in [2.05, 4.69) is 29.3 Å². The number of piperidine rings is 1. The minimum absolute atomic E-state index is 0.287. The molecule has 1 N–H and O–H groups in total. The zero-order valence-corrected chi connectivity index (χ0v) is 12.8. The fourth-order valence-electron chi connectivity index (χ4n) is 3.62. The standard InChI is InChI=1S/C16H27N3O/c1-11(2)7-10-15-18-16(20-19-15)14-9-8-12-5-3-4-6-13(12)17-14/h11-14,17H,3-10H2,1-2H3. The predicted octanol–water partition coefficient (Wildman–Crippen LogP) is 3.64. The molecule has 0 spiro atoms. The van der Waals surface area contributed by atoms with Gasteiger partial charge in [0.15, 0.2) is 5.82 Å². The Morgan fingerprint density at radius 3 is 2.90 bits per heavy atom. The first-order chi connectivity index (χ1) is 9.72. The molecule has 20 heavy (non-hydrogen) atoms. The molecule has 2 fully saturated rings. The number of fused-ring (bicyclic) bond motifs is 1. The van der Waals surface area contributed by atoms with E-state index in [-0.39, 0.29) is 6.04 Å². The fourth-order valence-corrected chi connectivity index (χ4v) is 3.62. The normalized spacial score (nSPS) is 30.4. The van der Waals surface area contributed by atoms with Gasteiger partial charge in [-0.2, -0.15) is 4.98 Å². The molecule has 0 amide bonds. The lowest BCUT2D eigenvalue weighted by Crippen LogP contribution is -2.44. The summed E-state index contributed by atoms with van der Waals surface area (Å²) in [6.07, 6.45) is 10.0. The Bertz CT molecular complexity index is 429. The Labute approximate surface area is 121 Å². The molecule has 1 aliphatic carbocycles. The van der Waals surface area contributed by atoms with E-state index in [0.29, 0.717) is 12.0 Å². The van der Waals surface area contributed by atoms with Crippen LogP contribution in [0.15, 0.2) is 4.52 Å². The van der Waals surface area contributed by atoms with Crippen molar-refractivity contribution in [2.75, 3.05) is 0 Å². The molecule has 0 aromatic carbocycles. The van der Waals surface area contributed by atoms with Crippen LogP contribution in [-0.4, -0.2) is 16.2 Å². The third-order valence-corrected chi connectivity index (χ3v) is 4.88. The molecule has 0 bridgehead atoms. The van der Waals surface area contributed by atoms with Crippen LogP contribution in [0.1, 0.15) is 76.6 Å². The molecule has 1 saturated carbocycles. The second kappa shape index (κ2) is 6.25. The highest BCUT2D eigenvalue weighted by atomic mass is 16.5. The summed E-state index contributed by atoms with van der Waals surface area (Å²) in [7, 11) is 0. The Hall–Kier alpha value is -0.900.